The summed E-state index contributed by atoms with van der Waals surface area (Å²) in [4.78, 5) is 23.2. The zero-order chi connectivity index (χ0) is 10.4. The molecule has 5 nitrogen and oxygen atoms in total. The van der Waals surface area contributed by atoms with Crippen LogP contribution in [-0.4, -0.2) is 17.5 Å². The van der Waals surface area contributed by atoms with E-state index in [9.17, 15) is 14.9 Å². The summed E-state index contributed by atoms with van der Waals surface area (Å²) < 4.78 is 0. The number of benzene rings is 1. The lowest BCUT2D eigenvalue weighted by atomic mass is 10.1. The molecule has 1 atom stereocenters. The summed E-state index contributed by atoms with van der Waals surface area (Å²) in [5.41, 5.74) is 0.538. The van der Waals surface area contributed by atoms with Crippen molar-refractivity contribution in [1.82, 2.24) is 0 Å². The molecule has 0 radical (unpaired) electrons. The number of rotatable bonds is 4. The Kier molecular flexibility index (Phi) is 3.52. The van der Waals surface area contributed by atoms with Crippen molar-refractivity contribution in [3.05, 3.63) is 46.0 Å². The summed E-state index contributed by atoms with van der Waals surface area (Å²) in [6.45, 7) is -0.166. The molecular formula is C9H8N2O3. The average molecular weight is 192 g/mol. The van der Waals surface area contributed by atoms with E-state index in [1.165, 1.54) is 6.08 Å². The zero-order valence-corrected chi connectivity index (χ0v) is 7.29. The van der Waals surface area contributed by atoms with Crippen molar-refractivity contribution >= 4 is 6.08 Å². The van der Waals surface area contributed by atoms with Gasteiger partial charge in [-0.15, -0.1) is 0 Å². The molecule has 0 saturated carbocycles. The maximum atomic E-state index is 10.6. The van der Waals surface area contributed by atoms with Gasteiger partial charge >= 0.3 is 0 Å². The highest BCUT2D eigenvalue weighted by molar-refractivity contribution is 5.33. The van der Waals surface area contributed by atoms with Crippen molar-refractivity contribution in [3.8, 4) is 0 Å². The topological polar surface area (TPSA) is 72.6 Å². The number of isocyanates is 1. The fraction of sp³-hybridized carbons (Fsp3) is 0.222. The van der Waals surface area contributed by atoms with Crippen LogP contribution in [0.5, 0.6) is 0 Å². The fourth-order valence-corrected chi connectivity index (χ4v) is 1.09. The van der Waals surface area contributed by atoms with Crippen LogP contribution in [0.15, 0.2) is 35.3 Å². The molecule has 1 aromatic carbocycles. The van der Waals surface area contributed by atoms with Gasteiger partial charge in [-0.1, -0.05) is 30.3 Å². The van der Waals surface area contributed by atoms with Gasteiger partial charge in [0.15, 0.2) is 0 Å². The van der Waals surface area contributed by atoms with Gasteiger partial charge in [-0.2, -0.15) is 4.99 Å². The van der Waals surface area contributed by atoms with E-state index in [1.807, 2.05) is 0 Å². The molecule has 0 aliphatic heterocycles. The quantitative estimate of drug-likeness (QED) is 0.312. The highest BCUT2D eigenvalue weighted by atomic mass is 16.6. The van der Waals surface area contributed by atoms with E-state index in [2.05, 4.69) is 4.99 Å². The van der Waals surface area contributed by atoms with Crippen LogP contribution in [0.2, 0.25) is 0 Å². The van der Waals surface area contributed by atoms with Crippen molar-refractivity contribution in [2.24, 2.45) is 4.99 Å². The lowest BCUT2D eigenvalue weighted by Gasteiger charge is -2.05. The minimum Gasteiger partial charge on any atom is -0.264 e. The van der Waals surface area contributed by atoms with Gasteiger partial charge in [0.05, 0.1) is 0 Å². The first kappa shape index (κ1) is 10.1. The van der Waals surface area contributed by atoms with Crippen LogP contribution >= 0.6 is 0 Å². The van der Waals surface area contributed by atoms with Gasteiger partial charge in [0.2, 0.25) is 6.08 Å². The van der Waals surface area contributed by atoms with Crippen molar-refractivity contribution in [2.45, 2.75) is 6.04 Å². The Morgan fingerprint density at radius 2 is 2.07 bits per heavy atom. The number of aliphatic imine (C=N–C) groups is 1. The Hall–Kier alpha value is -2.00. The molecule has 1 aromatic rings. The molecule has 5 heteroatoms. The van der Waals surface area contributed by atoms with E-state index in [0.717, 1.165) is 0 Å². The van der Waals surface area contributed by atoms with E-state index in [0.29, 0.717) is 5.56 Å². The molecule has 0 heterocycles. The van der Waals surface area contributed by atoms with E-state index in [1.54, 1.807) is 30.3 Å². The molecule has 0 fully saturated rings. The van der Waals surface area contributed by atoms with Crippen LogP contribution in [0.1, 0.15) is 11.6 Å². The number of nitrogens with zero attached hydrogens (tertiary/aromatic N) is 2. The molecule has 0 saturated heterocycles. The zero-order valence-electron chi connectivity index (χ0n) is 7.29. The van der Waals surface area contributed by atoms with Crippen molar-refractivity contribution < 1.29 is 9.72 Å². The van der Waals surface area contributed by atoms with Gasteiger partial charge in [-0.25, -0.2) is 4.79 Å². The molecule has 0 aromatic heterocycles. The van der Waals surface area contributed by atoms with Crippen molar-refractivity contribution in [1.29, 1.82) is 0 Å². The maximum absolute atomic E-state index is 10.6. The third-order valence-electron chi connectivity index (χ3n) is 1.77. The van der Waals surface area contributed by atoms with Gasteiger partial charge in [-0.3, -0.25) is 10.1 Å². The number of nitro groups is 1. The van der Waals surface area contributed by atoms with Gasteiger partial charge in [0.25, 0.3) is 6.04 Å². The van der Waals surface area contributed by atoms with Crippen LogP contribution < -0.4 is 0 Å². The molecule has 0 N–H and O–H groups in total. The van der Waals surface area contributed by atoms with Gasteiger partial charge in [0.1, 0.15) is 6.54 Å². The highest BCUT2D eigenvalue weighted by Crippen LogP contribution is 2.15. The van der Waals surface area contributed by atoms with Crippen LogP contribution in [0.4, 0.5) is 0 Å². The fourth-order valence-electron chi connectivity index (χ4n) is 1.09. The Balaban J connectivity index is 2.88. The first-order valence-corrected chi connectivity index (χ1v) is 3.97. The first-order chi connectivity index (χ1) is 6.75. The van der Waals surface area contributed by atoms with Gasteiger partial charge < -0.3 is 0 Å². The SMILES string of the molecule is O=C=NCC(c1ccccc1)[N+](=O)[O-]. The van der Waals surface area contributed by atoms with Gasteiger partial charge in [0, 0.05) is 10.5 Å². The van der Waals surface area contributed by atoms with Crippen LogP contribution in [0, 0.1) is 10.1 Å². The summed E-state index contributed by atoms with van der Waals surface area (Å²) in [7, 11) is 0. The second-order valence-corrected chi connectivity index (χ2v) is 2.64. The average Bonchev–Trinajstić information content (AvgIpc) is 2.19. The minimum atomic E-state index is -0.961. The summed E-state index contributed by atoms with van der Waals surface area (Å²) in [6.07, 6.45) is 1.29. The predicted octanol–water partition coefficient (Wildman–Crippen LogP) is 1.34. The van der Waals surface area contributed by atoms with Gasteiger partial charge in [-0.05, 0) is 0 Å². The van der Waals surface area contributed by atoms with Crippen molar-refractivity contribution in [2.75, 3.05) is 6.54 Å². The molecule has 0 bridgehead atoms. The standard InChI is InChI=1S/C9H8N2O3/c12-7-10-6-9(11(13)14)8-4-2-1-3-5-8/h1-5,9H,6H2. The van der Waals surface area contributed by atoms with E-state index in [4.69, 9.17) is 0 Å². The summed E-state index contributed by atoms with van der Waals surface area (Å²) in [5, 5.41) is 10.6. The molecule has 0 aliphatic rings. The lowest BCUT2D eigenvalue weighted by molar-refractivity contribution is -0.525. The summed E-state index contributed by atoms with van der Waals surface area (Å²) >= 11 is 0. The molecule has 0 spiro atoms. The second kappa shape index (κ2) is 4.89. The maximum Gasteiger partial charge on any atom is 0.258 e. The third kappa shape index (κ3) is 2.50. The molecular weight excluding hydrogens is 184 g/mol. The Labute approximate surface area is 80.2 Å². The van der Waals surface area contributed by atoms with E-state index < -0.39 is 11.0 Å². The smallest absolute Gasteiger partial charge is 0.258 e. The number of carbonyl (C=O) groups excluding carboxylic acids is 1. The number of hydrogen-bond acceptors (Lipinski definition) is 4. The summed E-state index contributed by atoms with van der Waals surface area (Å²) in [5.74, 6) is 0. The largest absolute Gasteiger partial charge is 0.264 e. The molecule has 1 rings (SSSR count). The molecule has 0 aliphatic carbocycles. The second-order valence-electron chi connectivity index (χ2n) is 2.64. The summed E-state index contributed by atoms with van der Waals surface area (Å²) in [6, 6.07) is 7.48. The molecule has 1 unspecified atom stereocenters. The predicted molar refractivity (Wildman–Crippen MR) is 49.2 cm³/mol. The van der Waals surface area contributed by atoms with E-state index >= 15 is 0 Å². The van der Waals surface area contributed by atoms with Crippen LogP contribution in [-0.2, 0) is 4.79 Å². The van der Waals surface area contributed by atoms with Crippen LogP contribution in [0.3, 0.4) is 0 Å². The minimum absolute atomic E-state index is 0.166. The molecule has 0 amide bonds. The monoisotopic (exact) mass is 192 g/mol. The first-order valence-electron chi connectivity index (χ1n) is 3.97. The Bertz CT molecular complexity index is 358. The van der Waals surface area contributed by atoms with Crippen molar-refractivity contribution in [3.63, 3.8) is 0 Å². The molecule has 72 valence electrons. The number of hydrogen-bond donors (Lipinski definition) is 0. The highest BCUT2D eigenvalue weighted by Gasteiger charge is 2.21. The normalized spacial score (nSPS) is 11.4. The lowest BCUT2D eigenvalue weighted by Crippen LogP contribution is -2.13. The Morgan fingerprint density at radius 1 is 1.43 bits per heavy atom. The molecule has 14 heavy (non-hydrogen) atoms. The Morgan fingerprint density at radius 3 is 2.57 bits per heavy atom. The third-order valence-corrected chi connectivity index (χ3v) is 1.77. The van der Waals surface area contributed by atoms with E-state index in [-0.39, 0.29) is 6.54 Å². The van der Waals surface area contributed by atoms with Crippen LogP contribution in [0.25, 0.3) is 0 Å².